The minimum absolute atomic E-state index is 0.124. The molecule has 1 heterocycles. The molecule has 1 aliphatic rings. The fourth-order valence-corrected chi connectivity index (χ4v) is 3.58. The van der Waals surface area contributed by atoms with Crippen LogP contribution in [-0.2, 0) is 11.3 Å². The number of amides is 1. The summed E-state index contributed by atoms with van der Waals surface area (Å²) in [7, 11) is 0. The lowest BCUT2D eigenvalue weighted by Gasteiger charge is -2.25. The van der Waals surface area contributed by atoms with E-state index in [9.17, 15) is 4.79 Å². The van der Waals surface area contributed by atoms with Crippen molar-refractivity contribution in [1.29, 1.82) is 0 Å². The maximum atomic E-state index is 12.4. The molecule has 4 heteroatoms. The van der Waals surface area contributed by atoms with Crippen LogP contribution in [0, 0.1) is 17.3 Å². The minimum Gasteiger partial charge on any atom is -0.384 e. The third kappa shape index (κ3) is 3.41. The zero-order chi connectivity index (χ0) is 14.4. The van der Waals surface area contributed by atoms with Crippen LogP contribution in [0.5, 0.6) is 0 Å². The summed E-state index contributed by atoms with van der Waals surface area (Å²) in [5, 5.41) is 13.7. The van der Waals surface area contributed by atoms with E-state index in [0.29, 0.717) is 6.54 Å². The van der Waals surface area contributed by atoms with Crippen LogP contribution in [0.3, 0.4) is 0 Å². The molecule has 108 valence electrons. The van der Waals surface area contributed by atoms with Crippen LogP contribution in [0.25, 0.3) is 0 Å². The lowest BCUT2D eigenvalue weighted by molar-refractivity contribution is -0.131. The molecule has 1 aliphatic carbocycles. The van der Waals surface area contributed by atoms with Crippen LogP contribution in [0.2, 0.25) is 0 Å². The highest BCUT2D eigenvalue weighted by Gasteiger charge is 2.38. The lowest BCUT2D eigenvalue weighted by Crippen LogP contribution is -2.38. The predicted octanol–water partition coefficient (Wildman–Crippen LogP) is 2.68. The number of aliphatic hydroxyl groups is 1. The number of nitrogens with one attached hydrogen (secondary N) is 1. The zero-order valence-electron chi connectivity index (χ0n) is 11.9. The normalized spacial score (nSPS) is 16.5. The first-order valence-electron chi connectivity index (χ1n) is 7.15. The quantitative estimate of drug-likeness (QED) is 0.838. The minimum atomic E-state index is -0.128. The molecule has 1 saturated carbocycles. The summed E-state index contributed by atoms with van der Waals surface area (Å²) in [6, 6.07) is 1.97. The van der Waals surface area contributed by atoms with Gasteiger partial charge in [-0.3, -0.25) is 4.79 Å². The van der Waals surface area contributed by atoms with E-state index < -0.39 is 0 Å². The molecule has 1 amide bonds. The maximum absolute atomic E-state index is 12.4. The van der Waals surface area contributed by atoms with Gasteiger partial charge in [0.2, 0.25) is 5.91 Å². The number of carbonyl (C=O) groups excluding carboxylic acids is 1. The monoisotopic (exact) mass is 291 g/mol. The molecule has 0 unspecified atom stereocenters. The summed E-state index contributed by atoms with van der Waals surface area (Å²) in [4.78, 5) is 13.5. The molecule has 1 aromatic heterocycles. The van der Waals surface area contributed by atoms with Crippen LogP contribution in [0.1, 0.15) is 49.5 Å². The van der Waals surface area contributed by atoms with Crippen LogP contribution in [-0.4, -0.2) is 17.6 Å². The van der Waals surface area contributed by atoms with Gasteiger partial charge in [-0.15, -0.1) is 11.3 Å². The van der Waals surface area contributed by atoms with Crippen molar-refractivity contribution >= 4 is 17.2 Å². The summed E-state index contributed by atoms with van der Waals surface area (Å²) >= 11 is 1.59. The Bertz CT molecular complexity index is 518. The maximum Gasteiger partial charge on any atom is 0.226 e. The van der Waals surface area contributed by atoms with E-state index in [1.807, 2.05) is 11.4 Å². The molecule has 1 aromatic rings. The number of carbonyl (C=O) groups is 1. The Morgan fingerprint density at radius 3 is 2.90 bits per heavy atom. The van der Waals surface area contributed by atoms with Crippen molar-refractivity contribution in [2.75, 3.05) is 6.61 Å². The Morgan fingerprint density at radius 2 is 2.25 bits per heavy atom. The van der Waals surface area contributed by atoms with Crippen molar-refractivity contribution in [3.8, 4) is 11.8 Å². The summed E-state index contributed by atoms with van der Waals surface area (Å²) in [6.07, 6.45) is 5.30. The molecular weight excluding hydrogens is 270 g/mol. The van der Waals surface area contributed by atoms with Gasteiger partial charge in [-0.05, 0) is 25.3 Å². The second-order valence-corrected chi connectivity index (χ2v) is 6.28. The molecule has 0 bridgehead atoms. The van der Waals surface area contributed by atoms with Gasteiger partial charge in [0, 0.05) is 21.2 Å². The van der Waals surface area contributed by atoms with Gasteiger partial charge in [-0.2, -0.15) is 0 Å². The molecule has 0 atom stereocenters. The van der Waals surface area contributed by atoms with E-state index in [4.69, 9.17) is 5.11 Å². The first kappa shape index (κ1) is 15.1. The lowest BCUT2D eigenvalue weighted by atomic mass is 9.82. The first-order chi connectivity index (χ1) is 9.70. The number of thiophene rings is 1. The Hall–Kier alpha value is -1.31. The standard InChI is InChI=1S/C16H21NO2S/c1-2-16(7-3-4-8-16)15(19)17-11-14-10-13(12-20-14)6-5-9-18/h10,12,18H,2-4,7-9,11H2,1H3,(H,17,19). The van der Waals surface area contributed by atoms with Gasteiger partial charge in [0.1, 0.15) is 6.61 Å². The van der Waals surface area contributed by atoms with E-state index in [-0.39, 0.29) is 17.9 Å². The molecule has 2 rings (SSSR count). The highest BCUT2D eigenvalue weighted by atomic mass is 32.1. The van der Waals surface area contributed by atoms with Gasteiger partial charge in [0.25, 0.3) is 0 Å². The smallest absolute Gasteiger partial charge is 0.226 e. The van der Waals surface area contributed by atoms with Crippen LogP contribution < -0.4 is 5.32 Å². The number of hydrogen-bond donors (Lipinski definition) is 2. The van der Waals surface area contributed by atoms with Crippen molar-refractivity contribution in [1.82, 2.24) is 5.32 Å². The average Bonchev–Trinajstić information content (AvgIpc) is 3.12. The van der Waals surface area contributed by atoms with Gasteiger partial charge in [-0.1, -0.05) is 31.6 Å². The summed E-state index contributed by atoms with van der Waals surface area (Å²) in [5.74, 6) is 5.70. The molecule has 0 saturated heterocycles. The molecule has 0 radical (unpaired) electrons. The molecule has 0 aliphatic heterocycles. The third-order valence-electron chi connectivity index (χ3n) is 4.11. The van der Waals surface area contributed by atoms with Crippen molar-refractivity contribution in [2.45, 2.75) is 45.6 Å². The van der Waals surface area contributed by atoms with Gasteiger partial charge >= 0.3 is 0 Å². The largest absolute Gasteiger partial charge is 0.384 e. The average molecular weight is 291 g/mol. The fourth-order valence-electron chi connectivity index (χ4n) is 2.83. The van der Waals surface area contributed by atoms with Crippen molar-refractivity contribution in [3.63, 3.8) is 0 Å². The SMILES string of the molecule is CCC1(C(=O)NCc2cc(C#CCO)cs2)CCCC1. The Morgan fingerprint density at radius 1 is 1.50 bits per heavy atom. The number of aliphatic hydroxyl groups excluding tert-OH is 1. The van der Waals surface area contributed by atoms with E-state index in [1.54, 1.807) is 11.3 Å². The van der Waals surface area contributed by atoms with E-state index in [1.165, 1.54) is 12.8 Å². The molecule has 0 aromatic carbocycles. The van der Waals surface area contributed by atoms with Gasteiger partial charge < -0.3 is 10.4 Å². The number of hydrogen-bond acceptors (Lipinski definition) is 3. The van der Waals surface area contributed by atoms with Gasteiger partial charge in [0.05, 0.1) is 6.54 Å². The second kappa shape index (κ2) is 6.92. The molecule has 1 fully saturated rings. The fraction of sp³-hybridized carbons (Fsp3) is 0.562. The van der Waals surface area contributed by atoms with Crippen LogP contribution >= 0.6 is 11.3 Å². The Kier molecular flexibility index (Phi) is 5.22. The van der Waals surface area contributed by atoms with E-state index >= 15 is 0 Å². The van der Waals surface area contributed by atoms with Crippen molar-refractivity contribution < 1.29 is 9.90 Å². The molecule has 2 N–H and O–H groups in total. The van der Waals surface area contributed by atoms with Crippen LogP contribution in [0.4, 0.5) is 0 Å². The molecule has 0 spiro atoms. The van der Waals surface area contributed by atoms with Crippen LogP contribution in [0.15, 0.2) is 11.4 Å². The Balaban J connectivity index is 1.91. The summed E-state index contributed by atoms with van der Waals surface area (Å²) < 4.78 is 0. The third-order valence-corrected chi connectivity index (χ3v) is 5.04. The summed E-state index contributed by atoms with van der Waals surface area (Å²) in [5.41, 5.74) is 0.774. The molecule has 20 heavy (non-hydrogen) atoms. The van der Waals surface area contributed by atoms with Crippen molar-refractivity contribution in [2.24, 2.45) is 5.41 Å². The highest BCUT2D eigenvalue weighted by molar-refractivity contribution is 7.10. The van der Waals surface area contributed by atoms with Gasteiger partial charge in [-0.25, -0.2) is 0 Å². The highest BCUT2D eigenvalue weighted by Crippen LogP contribution is 2.41. The molecular formula is C16H21NO2S. The van der Waals surface area contributed by atoms with Crippen molar-refractivity contribution in [3.05, 3.63) is 21.9 Å². The molecule has 3 nitrogen and oxygen atoms in total. The predicted molar refractivity (Wildman–Crippen MR) is 81.3 cm³/mol. The van der Waals surface area contributed by atoms with E-state index in [2.05, 4.69) is 24.1 Å². The van der Waals surface area contributed by atoms with E-state index in [0.717, 1.165) is 29.7 Å². The zero-order valence-corrected chi connectivity index (χ0v) is 12.7. The summed E-state index contributed by atoms with van der Waals surface area (Å²) in [6.45, 7) is 2.56. The Labute approximate surface area is 124 Å². The second-order valence-electron chi connectivity index (χ2n) is 5.29. The topological polar surface area (TPSA) is 49.3 Å². The van der Waals surface area contributed by atoms with Gasteiger partial charge in [0.15, 0.2) is 0 Å². The number of rotatable bonds is 4. The first-order valence-corrected chi connectivity index (χ1v) is 8.03.